The maximum atomic E-state index is 4.23. The van der Waals surface area contributed by atoms with E-state index in [4.69, 9.17) is 0 Å². The average Bonchev–Trinajstić information content (AvgIpc) is 2.72. The van der Waals surface area contributed by atoms with Crippen molar-refractivity contribution >= 4 is 27.8 Å². The SMILES string of the molecule is Cc1cnc(NCc2cnc(C)s2)s1. The summed E-state index contributed by atoms with van der Waals surface area (Å²) in [7, 11) is 0. The smallest absolute Gasteiger partial charge is 0.183 e. The van der Waals surface area contributed by atoms with Crippen LogP contribution in [-0.2, 0) is 6.54 Å². The van der Waals surface area contributed by atoms with Crippen molar-refractivity contribution in [2.45, 2.75) is 20.4 Å². The van der Waals surface area contributed by atoms with Crippen molar-refractivity contribution in [3.05, 3.63) is 27.2 Å². The molecule has 74 valence electrons. The Labute approximate surface area is 90.9 Å². The third-order valence-electron chi connectivity index (χ3n) is 1.70. The van der Waals surface area contributed by atoms with Crippen molar-refractivity contribution in [3.63, 3.8) is 0 Å². The molecule has 0 saturated heterocycles. The van der Waals surface area contributed by atoms with Gasteiger partial charge < -0.3 is 5.32 Å². The maximum Gasteiger partial charge on any atom is 0.183 e. The molecule has 0 radical (unpaired) electrons. The topological polar surface area (TPSA) is 37.8 Å². The Morgan fingerprint density at radius 1 is 1.21 bits per heavy atom. The third-order valence-corrected chi connectivity index (χ3v) is 3.49. The van der Waals surface area contributed by atoms with E-state index >= 15 is 0 Å². The molecular formula is C9H11N3S2. The average molecular weight is 225 g/mol. The van der Waals surface area contributed by atoms with Crippen LogP contribution >= 0.6 is 22.7 Å². The molecule has 2 aromatic heterocycles. The summed E-state index contributed by atoms with van der Waals surface area (Å²) in [6.07, 6.45) is 3.79. The number of hydrogen-bond acceptors (Lipinski definition) is 5. The van der Waals surface area contributed by atoms with Gasteiger partial charge in [0.05, 0.1) is 11.6 Å². The van der Waals surface area contributed by atoms with Gasteiger partial charge in [-0.15, -0.1) is 22.7 Å². The molecule has 2 rings (SSSR count). The number of nitrogens with zero attached hydrogens (tertiary/aromatic N) is 2. The van der Waals surface area contributed by atoms with Crippen LogP contribution in [0.1, 0.15) is 14.8 Å². The van der Waals surface area contributed by atoms with Crippen molar-refractivity contribution in [1.82, 2.24) is 9.97 Å². The number of thiazole rings is 2. The molecule has 2 heterocycles. The van der Waals surface area contributed by atoms with Gasteiger partial charge in [-0.2, -0.15) is 0 Å². The van der Waals surface area contributed by atoms with Crippen LogP contribution in [0.4, 0.5) is 5.13 Å². The highest BCUT2D eigenvalue weighted by molar-refractivity contribution is 7.15. The zero-order valence-corrected chi connectivity index (χ0v) is 9.71. The van der Waals surface area contributed by atoms with Crippen LogP contribution in [0.25, 0.3) is 0 Å². The lowest BCUT2D eigenvalue weighted by molar-refractivity contribution is 1.15. The van der Waals surface area contributed by atoms with Crippen LogP contribution in [0.3, 0.4) is 0 Å². The molecule has 1 N–H and O–H groups in total. The molecule has 2 aromatic rings. The molecule has 0 bridgehead atoms. The van der Waals surface area contributed by atoms with Gasteiger partial charge in [0.2, 0.25) is 0 Å². The zero-order valence-electron chi connectivity index (χ0n) is 8.07. The number of nitrogens with one attached hydrogen (secondary N) is 1. The Morgan fingerprint density at radius 3 is 2.64 bits per heavy atom. The molecule has 0 spiro atoms. The Bertz CT molecular complexity index is 379. The Balaban J connectivity index is 1.94. The van der Waals surface area contributed by atoms with E-state index in [-0.39, 0.29) is 0 Å². The van der Waals surface area contributed by atoms with Crippen LogP contribution in [0, 0.1) is 13.8 Å². The summed E-state index contributed by atoms with van der Waals surface area (Å²) < 4.78 is 0. The molecule has 0 fully saturated rings. The normalized spacial score (nSPS) is 10.4. The lowest BCUT2D eigenvalue weighted by atomic mass is 10.5. The summed E-state index contributed by atoms with van der Waals surface area (Å²) in [5.74, 6) is 0. The van der Waals surface area contributed by atoms with Gasteiger partial charge in [0.25, 0.3) is 0 Å². The van der Waals surface area contributed by atoms with E-state index in [0.29, 0.717) is 0 Å². The molecule has 0 aliphatic carbocycles. The molecular weight excluding hydrogens is 214 g/mol. The molecule has 3 nitrogen and oxygen atoms in total. The highest BCUT2D eigenvalue weighted by Crippen LogP contribution is 2.19. The first-order valence-corrected chi connectivity index (χ1v) is 5.95. The predicted molar refractivity (Wildman–Crippen MR) is 61.0 cm³/mol. The fourth-order valence-corrected chi connectivity index (χ4v) is 2.48. The number of anilines is 1. The second-order valence-electron chi connectivity index (χ2n) is 2.98. The second-order valence-corrected chi connectivity index (χ2v) is 5.53. The lowest BCUT2D eigenvalue weighted by Gasteiger charge is -1.97. The minimum absolute atomic E-state index is 0.818. The highest BCUT2D eigenvalue weighted by Gasteiger charge is 2.00. The van der Waals surface area contributed by atoms with Crippen molar-refractivity contribution in [3.8, 4) is 0 Å². The minimum atomic E-state index is 0.818. The minimum Gasteiger partial charge on any atom is -0.357 e. The quantitative estimate of drug-likeness (QED) is 0.873. The summed E-state index contributed by atoms with van der Waals surface area (Å²) in [4.78, 5) is 10.9. The van der Waals surface area contributed by atoms with Gasteiger partial charge in [-0.3, -0.25) is 0 Å². The van der Waals surface area contributed by atoms with Gasteiger partial charge in [-0.05, 0) is 13.8 Å². The van der Waals surface area contributed by atoms with Gasteiger partial charge in [0.15, 0.2) is 5.13 Å². The number of aromatic nitrogens is 2. The van der Waals surface area contributed by atoms with Crippen LogP contribution in [-0.4, -0.2) is 9.97 Å². The fourth-order valence-electron chi connectivity index (χ4n) is 1.09. The molecule has 0 unspecified atom stereocenters. The van der Waals surface area contributed by atoms with Crippen LogP contribution in [0.2, 0.25) is 0 Å². The Morgan fingerprint density at radius 2 is 2.07 bits per heavy atom. The van der Waals surface area contributed by atoms with E-state index in [9.17, 15) is 0 Å². The Hall–Kier alpha value is -0.940. The fraction of sp³-hybridized carbons (Fsp3) is 0.333. The molecule has 5 heteroatoms. The van der Waals surface area contributed by atoms with Gasteiger partial charge in [0.1, 0.15) is 0 Å². The number of aryl methyl sites for hydroxylation is 2. The maximum absolute atomic E-state index is 4.23. The van der Waals surface area contributed by atoms with Crippen molar-refractivity contribution in [1.29, 1.82) is 0 Å². The summed E-state index contributed by atoms with van der Waals surface area (Å²) in [6.45, 7) is 4.89. The molecule has 0 saturated carbocycles. The van der Waals surface area contributed by atoms with E-state index in [1.54, 1.807) is 22.7 Å². The van der Waals surface area contributed by atoms with E-state index in [2.05, 4.69) is 22.2 Å². The predicted octanol–water partition coefficient (Wildman–Crippen LogP) is 2.83. The standard InChI is InChI=1S/C9H11N3S2/c1-6-3-11-9(13-6)12-5-8-4-10-7(2)14-8/h3-4H,5H2,1-2H3,(H,11,12). The van der Waals surface area contributed by atoms with Crippen molar-refractivity contribution < 1.29 is 0 Å². The largest absolute Gasteiger partial charge is 0.357 e. The second kappa shape index (κ2) is 4.06. The monoisotopic (exact) mass is 225 g/mol. The molecule has 14 heavy (non-hydrogen) atoms. The summed E-state index contributed by atoms with van der Waals surface area (Å²) in [5, 5.41) is 5.36. The van der Waals surface area contributed by atoms with Gasteiger partial charge >= 0.3 is 0 Å². The number of rotatable bonds is 3. The van der Waals surface area contributed by atoms with E-state index < -0.39 is 0 Å². The van der Waals surface area contributed by atoms with E-state index in [1.165, 1.54) is 9.75 Å². The molecule has 0 aliphatic rings. The molecule has 0 atom stereocenters. The van der Waals surface area contributed by atoms with Crippen molar-refractivity contribution in [2.24, 2.45) is 0 Å². The first kappa shape index (κ1) is 9.61. The zero-order chi connectivity index (χ0) is 9.97. The highest BCUT2D eigenvalue weighted by atomic mass is 32.1. The Kier molecular flexibility index (Phi) is 2.79. The van der Waals surface area contributed by atoms with E-state index in [1.807, 2.05) is 19.3 Å². The molecule has 0 aliphatic heterocycles. The number of hydrogen-bond donors (Lipinski definition) is 1. The van der Waals surface area contributed by atoms with Gasteiger partial charge in [-0.25, -0.2) is 9.97 Å². The lowest BCUT2D eigenvalue weighted by Crippen LogP contribution is -1.95. The van der Waals surface area contributed by atoms with E-state index in [0.717, 1.165) is 16.7 Å². The summed E-state index contributed by atoms with van der Waals surface area (Å²) in [5.41, 5.74) is 0. The molecule has 0 aromatic carbocycles. The van der Waals surface area contributed by atoms with Crippen LogP contribution in [0.5, 0.6) is 0 Å². The third kappa shape index (κ3) is 2.30. The van der Waals surface area contributed by atoms with Crippen LogP contribution in [0.15, 0.2) is 12.4 Å². The van der Waals surface area contributed by atoms with Crippen LogP contribution < -0.4 is 5.32 Å². The van der Waals surface area contributed by atoms with Crippen molar-refractivity contribution in [2.75, 3.05) is 5.32 Å². The summed E-state index contributed by atoms with van der Waals surface area (Å²) in [6, 6.07) is 0. The first-order chi connectivity index (χ1) is 6.74. The first-order valence-electron chi connectivity index (χ1n) is 4.31. The molecule has 0 amide bonds. The van der Waals surface area contributed by atoms with Gasteiger partial charge in [0, 0.05) is 22.1 Å². The summed E-state index contributed by atoms with van der Waals surface area (Å²) >= 11 is 3.39. The van der Waals surface area contributed by atoms with Gasteiger partial charge in [-0.1, -0.05) is 0 Å².